The molecule has 2 rings (SSSR count). The van der Waals surface area contributed by atoms with Gasteiger partial charge in [0.2, 0.25) is 10.0 Å². The van der Waals surface area contributed by atoms with E-state index < -0.39 is 21.3 Å². The van der Waals surface area contributed by atoms with Crippen molar-refractivity contribution in [3.63, 3.8) is 0 Å². The SMILES string of the molecule is CC1(CO)CCCN(S(=O)(=O)Cc2ccc(F)c(Cl)c2)C1. The number of benzene rings is 1. The molecule has 0 saturated carbocycles. The van der Waals surface area contributed by atoms with Crippen LogP contribution in [-0.4, -0.2) is 37.5 Å². The van der Waals surface area contributed by atoms with Gasteiger partial charge in [0.25, 0.3) is 0 Å². The van der Waals surface area contributed by atoms with Crippen LogP contribution in [0.1, 0.15) is 25.3 Å². The minimum atomic E-state index is -3.51. The summed E-state index contributed by atoms with van der Waals surface area (Å²) in [4.78, 5) is 0. The van der Waals surface area contributed by atoms with Crippen LogP contribution in [0.25, 0.3) is 0 Å². The summed E-state index contributed by atoms with van der Waals surface area (Å²) in [5.74, 6) is -0.780. The van der Waals surface area contributed by atoms with Crippen molar-refractivity contribution in [1.82, 2.24) is 4.31 Å². The summed E-state index contributed by atoms with van der Waals surface area (Å²) in [6.07, 6.45) is 1.53. The van der Waals surface area contributed by atoms with E-state index >= 15 is 0 Å². The van der Waals surface area contributed by atoms with Crippen molar-refractivity contribution in [1.29, 1.82) is 0 Å². The minimum absolute atomic E-state index is 0.0403. The Hall–Kier alpha value is -0.690. The van der Waals surface area contributed by atoms with Crippen LogP contribution in [0.3, 0.4) is 0 Å². The van der Waals surface area contributed by atoms with Crippen LogP contribution >= 0.6 is 11.6 Å². The molecule has 0 spiro atoms. The van der Waals surface area contributed by atoms with Crippen LogP contribution in [0.15, 0.2) is 18.2 Å². The molecule has 1 N–H and O–H groups in total. The third-order valence-electron chi connectivity index (χ3n) is 3.85. The molecule has 1 aromatic carbocycles. The molecule has 1 heterocycles. The van der Waals surface area contributed by atoms with Gasteiger partial charge in [-0.05, 0) is 30.5 Å². The highest BCUT2D eigenvalue weighted by atomic mass is 35.5. The highest BCUT2D eigenvalue weighted by molar-refractivity contribution is 7.88. The van der Waals surface area contributed by atoms with Gasteiger partial charge in [-0.1, -0.05) is 24.6 Å². The molecule has 1 atom stereocenters. The van der Waals surface area contributed by atoms with Gasteiger partial charge < -0.3 is 5.11 Å². The summed E-state index contributed by atoms with van der Waals surface area (Å²) in [7, 11) is -3.51. The fourth-order valence-electron chi connectivity index (χ4n) is 2.56. The summed E-state index contributed by atoms with van der Waals surface area (Å²) in [6.45, 7) is 2.60. The fraction of sp³-hybridized carbons (Fsp3) is 0.571. The van der Waals surface area contributed by atoms with Crippen molar-refractivity contribution in [2.24, 2.45) is 5.41 Å². The lowest BCUT2D eigenvalue weighted by atomic mass is 9.84. The van der Waals surface area contributed by atoms with Crippen LogP contribution in [-0.2, 0) is 15.8 Å². The van der Waals surface area contributed by atoms with Gasteiger partial charge in [0.15, 0.2) is 0 Å². The molecule has 1 aliphatic heterocycles. The smallest absolute Gasteiger partial charge is 0.218 e. The summed E-state index contributed by atoms with van der Waals surface area (Å²) >= 11 is 5.68. The Bertz CT molecular complexity index is 623. The molecule has 1 saturated heterocycles. The first-order valence-electron chi connectivity index (χ1n) is 6.78. The van der Waals surface area contributed by atoms with Crippen LogP contribution in [0.4, 0.5) is 4.39 Å². The van der Waals surface area contributed by atoms with Crippen LogP contribution < -0.4 is 0 Å². The third kappa shape index (κ3) is 3.94. The van der Waals surface area contributed by atoms with Crippen molar-refractivity contribution >= 4 is 21.6 Å². The lowest BCUT2D eigenvalue weighted by Gasteiger charge is -2.38. The summed E-state index contributed by atoms with van der Waals surface area (Å²) < 4.78 is 39.4. The predicted octanol–water partition coefficient (Wildman–Crippen LogP) is 2.40. The number of nitrogens with zero attached hydrogens (tertiary/aromatic N) is 1. The van der Waals surface area contributed by atoms with Crippen LogP contribution in [0.5, 0.6) is 0 Å². The zero-order chi connectivity index (χ0) is 15.7. The minimum Gasteiger partial charge on any atom is -0.396 e. The first-order chi connectivity index (χ1) is 9.76. The zero-order valence-corrected chi connectivity index (χ0v) is 13.4. The second kappa shape index (κ2) is 6.20. The maximum Gasteiger partial charge on any atom is 0.218 e. The number of hydrogen-bond acceptors (Lipinski definition) is 3. The van der Waals surface area contributed by atoms with E-state index in [9.17, 15) is 17.9 Å². The third-order valence-corrected chi connectivity index (χ3v) is 5.94. The highest BCUT2D eigenvalue weighted by Gasteiger charge is 2.35. The Kier molecular flexibility index (Phi) is 4.92. The van der Waals surface area contributed by atoms with E-state index in [0.29, 0.717) is 18.7 Å². The lowest BCUT2D eigenvalue weighted by Crippen LogP contribution is -2.46. The monoisotopic (exact) mass is 335 g/mol. The quantitative estimate of drug-likeness (QED) is 0.919. The van der Waals surface area contributed by atoms with Crippen molar-refractivity contribution in [3.05, 3.63) is 34.6 Å². The van der Waals surface area contributed by atoms with Crippen molar-refractivity contribution in [2.45, 2.75) is 25.5 Å². The predicted molar refractivity (Wildman–Crippen MR) is 80.0 cm³/mol. The molecule has 1 aromatic rings. The van der Waals surface area contributed by atoms with Gasteiger partial charge in [0.05, 0.1) is 10.8 Å². The first-order valence-corrected chi connectivity index (χ1v) is 8.77. The zero-order valence-electron chi connectivity index (χ0n) is 11.8. The molecule has 1 unspecified atom stereocenters. The fourth-order valence-corrected chi connectivity index (χ4v) is 4.47. The topological polar surface area (TPSA) is 57.6 Å². The Balaban J connectivity index is 2.16. The molecule has 1 aliphatic rings. The maximum atomic E-state index is 13.1. The van der Waals surface area contributed by atoms with Crippen molar-refractivity contribution in [2.75, 3.05) is 19.7 Å². The highest BCUT2D eigenvalue weighted by Crippen LogP contribution is 2.31. The van der Waals surface area contributed by atoms with Gasteiger partial charge in [0, 0.05) is 25.1 Å². The first kappa shape index (κ1) is 16.7. The molecule has 118 valence electrons. The number of hydrogen-bond donors (Lipinski definition) is 1. The van der Waals surface area contributed by atoms with E-state index in [0.717, 1.165) is 12.8 Å². The Morgan fingerprint density at radius 1 is 1.48 bits per heavy atom. The second-order valence-corrected chi connectivity index (χ2v) is 8.29. The van der Waals surface area contributed by atoms with Gasteiger partial charge in [-0.15, -0.1) is 0 Å². The van der Waals surface area contributed by atoms with E-state index in [1.165, 1.54) is 22.5 Å². The molecular formula is C14H19ClFNO3S. The molecule has 0 aliphatic carbocycles. The average molecular weight is 336 g/mol. The molecule has 21 heavy (non-hydrogen) atoms. The summed E-state index contributed by atoms with van der Waals surface area (Å²) in [5.41, 5.74) is 0.0591. The molecule has 7 heteroatoms. The standard InChI is InChI=1S/C14H19ClFNO3S/c1-14(10-18)5-2-6-17(9-14)21(19,20)8-11-3-4-13(16)12(15)7-11/h3-4,7,18H,2,5-6,8-10H2,1H3. The van der Waals surface area contributed by atoms with E-state index in [1.807, 2.05) is 6.92 Å². The van der Waals surface area contributed by atoms with Gasteiger partial charge in [-0.25, -0.2) is 17.1 Å². The number of halogens is 2. The molecular weight excluding hydrogens is 317 g/mol. The maximum absolute atomic E-state index is 13.1. The molecule has 1 fully saturated rings. The number of aliphatic hydroxyl groups is 1. The van der Waals surface area contributed by atoms with Crippen LogP contribution in [0.2, 0.25) is 5.02 Å². The lowest BCUT2D eigenvalue weighted by molar-refractivity contribution is 0.0810. The summed E-state index contributed by atoms with van der Waals surface area (Å²) in [6, 6.07) is 3.93. The van der Waals surface area contributed by atoms with E-state index in [1.54, 1.807) is 0 Å². The number of aliphatic hydroxyl groups excluding tert-OH is 1. The van der Waals surface area contributed by atoms with E-state index in [4.69, 9.17) is 11.6 Å². The largest absolute Gasteiger partial charge is 0.396 e. The van der Waals surface area contributed by atoms with Gasteiger partial charge in [-0.3, -0.25) is 0 Å². The van der Waals surface area contributed by atoms with Gasteiger partial charge in [-0.2, -0.15) is 0 Å². The van der Waals surface area contributed by atoms with Crippen molar-refractivity contribution < 1.29 is 17.9 Å². The molecule has 0 radical (unpaired) electrons. The Morgan fingerprint density at radius 2 is 2.19 bits per heavy atom. The van der Waals surface area contributed by atoms with Gasteiger partial charge >= 0.3 is 0 Å². The van der Waals surface area contributed by atoms with E-state index in [-0.39, 0.29) is 17.4 Å². The summed E-state index contributed by atoms with van der Waals surface area (Å²) in [5, 5.41) is 9.33. The van der Waals surface area contributed by atoms with Crippen LogP contribution in [0, 0.1) is 11.2 Å². The van der Waals surface area contributed by atoms with Crippen molar-refractivity contribution in [3.8, 4) is 0 Å². The number of rotatable bonds is 4. The molecule has 4 nitrogen and oxygen atoms in total. The molecule has 0 aromatic heterocycles. The second-order valence-electron chi connectivity index (χ2n) is 5.91. The average Bonchev–Trinajstić information content (AvgIpc) is 2.43. The Morgan fingerprint density at radius 3 is 2.81 bits per heavy atom. The van der Waals surface area contributed by atoms with Gasteiger partial charge in [0.1, 0.15) is 5.82 Å². The Labute approximate surface area is 129 Å². The normalized spacial score (nSPS) is 24.2. The number of piperidine rings is 1. The number of sulfonamides is 1. The van der Waals surface area contributed by atoms with E-state index in [2.05, 4.69) is 0 Å². The molecule has 0 amide bonds. The molecule has 0 bridgehead atoms.